The fourth-order valence-corrected chi connectivity index (χ4v) is 4.46. The summed E-state index contributed by atoms with van der Waals surface area (Å²) >= 11 is 0. The molecule has 0 N–H and O–H groups in total. The Hall–Kier alpha value is -5.20. The quantitative estimate of drug-likeness (QED) is 0.248. The Balaban J connectivity index is 1.57. The van der Waals surface area contributed by atoms with Gasteiger partial charge in [-0.1, -0.05) is 18.2 Å². The largest absolute Gasteiger partial charge is 0.465 e. The van der Waals surface area contributed by atoms with Gasteiger partial charge in [-0.05, 0) is 43.3 Å². The van der Waals surface area contributed by atoms with Gasteiger partial charge in [0.15, 0.2) is 11.3 Å². The summed E-state index contributed by atoms with van der Waals surface area (Å²) in [5.74, 6) is -1.73. The lowest BCUT2D eigenvalue weighted by Gasteiger charge is -2.12. The highest BCUT2D eigenvalue weighted by molar-refractivity contribution is 6.06. The molecule has 0 radical (unpaired) electrons. The van der Waals surface area contributed by atoms with Crippen LogP contribution in [0.5, 0.6) is 11.6 Å². The molecule has 0 saturated carbocycles. The summed E-state index contributed by atoms with van der Waals surface area (Å²) in [6.45, 7) is 1.48. The first kappa shape index (κ1) is 27.4. The average molecular weight is 566 g/mol. The van der Waals surface area contributed by atoms with Gasteiger partial charge in [0.25, 0.3) is 0 Å². The van der Waals surface area contributed by atoms with Crippen LogP contribution in [0.1, 0.15) is 32.1 Å². The van der Waals surface area contributed by atoms with E-state index in [1.165, 1.54) is 61.8 Å². The molecule has 0 bridgehead atoms. The van der Waals surface area contributed by atoms with Gasteiger partial charge in [-0.25, -0.2) is 14.3 Å². The third kappa shape index (κ3) is 4.97. The van der Waals surface area contributed by atoms with Crippen LogP contribution in [0.25, 0.3) is 28.0 Å². The topological polar surface area (TPSA) is 110 Å². The van der Waals surface area contributed by atoms with Crippen LogP contribution in [0.15, 0.2) is 60.7 Å². The second-order valence-corrected chi connectivity index (χ2v) is 8.84. The number of aryl methyl sites for hydroxylation is 2. The summed E-state index contributed by atoms with van der Waals surface area (Å²) in [5, 5.41) is 8.47. The summed E-state index contributed by atoms with van der Waals surface area (Å²) < 4.78 is 59.6. The van der Waals surface area contributed by atoms with Crippen LogP contribution >= 0.6 is 0 Å². The highest BCUT2D eigenvalue weighted by atomic mass is 19.4. The first-order valence-corrected chi connectivity index (χ1v) is 12.1. The molecule has 0 aliphatic carbocycles. The molecule has 41 heavy (non-hydrogen) atoms. The van der Waals surface area contributed by atoms with Crippen LogP contribution in [-0.2, 0) is 22.7 Å². The maximum atomic E-state index is 13.8. The highest BCUT2D eigenvalue weighted by Crippen LogP contribution is 2.38. The predicted octanol–water partition coefficient (Wildman–Crippen LogP) is 5.51. The minimum absolute atomic E-state index is 0.0217. The second-order valence-electron chi connectivity index (χ2n) is 8.84. The summed E-state index contributed by atoms with van der Waals surface area (Å²) in [5.41, 5.74) is 0.0706. The predicted molar refractivity (Wildman–Crippen MR) is 140 cm³/mol. The van der Waals surface area contributed by atoms with Gasteiger partial charge in [-0.2, -0.15) is 28.4 Å². The lowest BCUT2D eigenvalue weighted by atomic mass is 10.1. The van der Waals surface area contributed by atoms with E-state index in [0.29, 0.717) is 11.3 Å². The van der Waals surface area contributed by atoms with Gasteiger partial charge in [0, 0.05) is 18.7 Å². The number of rotatable bonds is 6. The van der Waals surface area contributed by atoms with Crippen molar-refractivity contribution in [1.82, 2.24) is 24.5 Å². The molecule has 13 heteroatoms. The standard InChI is InChI=1S/C28H22F3N5O5/c1-15-21-19(28(29,30)31)14-20(32-25(21)35(2)33-15)41-18-12-10-16(11-13-18)23-22(26(37)39-3)24(27(38)40-4)36(34-23)17-8-6-5-7-9-17/h5-14H,1-4H3. The van der Waals surface area contributed by atoms with Crippen molar-refractivity contribution in [3.05, 3.63) is 83.2 Å². The summed E-state index contributed by atoms with van der Waals surface area (Å²) in [4.78, 5) is 29.8. The van der Waals surface area contributed by atoms with Crippen LogP contribution < -0.4 is 4.74 Å². The number of carbonyl (C=O) groups excluding carboxylic acids is 2. The van der Waals surface area contributed by atoms with E-state index in [-0.39, 0.29) is 45.3 Å². The lowest BCUT2D eigenvalue weighted by molar-refractivity contribution is -0.136. The van der Waals surface area contributed by atoms with E-state index in [1.807, 2.05) is 0 Å². The van der Waals surface area contributed by atoms with Crippen molar-refractivity contribution in [2.45, 2.75) is 13.1 Å². The van der Waals surface area contributed by atoms with Gasteiger partial charge in [0.1, 0.15) is 17.0 Å². The summed E-state index contributed by atoms with van der Waals surface area (Å²) in [6.07, 6.45) is -4.66. The van der Waals surface area contributed by atoms with E-state index in [2.05, 4.69) is 15.2 Å². The van der Waals surface area contributed by atoms with Crippen LogP contribution in [0, 0.1) is 6.92 Å². The normalized spacial score (nSPS) is 11.5. The van der Waals surface area contributed by atoms with Crippen molar-refractivity contribution in [3.63, 3.8) is 0 Å². The number of esters is 2. The molecule has 0 spiro atoms. The third-order valence-electron chi connectivity index (χ3n) is 6.26. The lowest BCUT2D eigenvalue weighted by Crippen LogP contribution is -2.15. The van der Waals surface area contributed by atoms with Crippen LogP contribution in [0.4, 0.5) is 13.2 Å². The van der Waals surface area contributed by atoms with Gasteiger partial charge in [0.05, 0.1) is 36.6 Å². The monoisotopic (exact) mass is 565 g/mol. The number of ether oxygens (including phenoxy) is 3. The Morgan fingerprint density at radius 2 is 1.56 bits per heavy atom. The summed E-state index contributed by atoms with van der Waals surface area (Å²) in [7, 11) is 3.85. The number of halogens is 3. The van der Waals surface area contributed by atoms with Gasteiger partial charge < -0.3 is 14.2 Å². The van der Waals surface area contributed by atoms with E-state index in [4.69, 9.17) is 14.2 Å². The summed E-state index contributed by atoms with van der Waals surface area (Å²) in [6, 6.07) is 15.5. The zero-order chi connectivity index (χ0) is 29.5. The van der Waals surface area contributed by atoms with Crippen molar-refractivity contribution >= 4 is 23.0 Å². The molecule has 0 saturated heterocycles. The first-order valence-electron chi connectivity index (χ1n) is 12.1. The molecule has 210 valence electrons. The van der Waals surface area contributed by atoms with Crippen molar-refractivity contribution in [3.8, 4) is 28.6 Å². The number of hydrogen-bond acceptors (Lipinski definition) is 8. The molecule has 3 aromatic heterocycles. The van der Waals surface area contributed by atoms with Gasteiger partial charge in [0.2, 0.25) is 5.88 Å². The smallest absolute Gasteiger partial charge is 0.417 e. The number of alkyl halides is 3. The van der Waals surface area contributed by atoms with Gasteiger partial charge >= 0.3 is 18.1 Å². The van der Waals surface area contributed by atoms with Crippen molar-refractivity contribution in [1.29, 1.82) is 0 Å². The molecule has 10 nitrogen and oxygen atoms in total. The number of hydrogen-bond donors (Lipinski definition) is 0. The van der Waals surface area contributed by atoms with Crippen LogP contribution in [0.3, 0.4) is 0 Å². The molecule has 0 atom stereocenters. The van der Waals surface area contributed by atoms with Crippen molar-refractivity contribution in [2.24, 2.45) is 7.05 Å². The minimum Gasteiger partial charge on any atom is -0.465 e. The highest BCUT2D eigenvalue weighted by Gasteiger charge is 2.36. The van der Waals surface area contributed by atoms with Crippen molar-refractivity contribution < 1.29 is 37.0 Å². The maximum Gasteiger partial charge on any atom is 0.417 e. The zero-order valence-electron chi connectivity index (χ0n) is 22.2. The first-order chi connectivity index (χ1) is 19.5. The Kier molecular flexibility index (Phi) is 6.95. The van der Waals surface area contributed by atoms with E-state index >= 15 is 0 Å². The molecule has 2 aromatic carbocycles. The molecular formula is C28H22F3N5O5. The molecule has 0 aliphatic rings. The molecule has 5 aromatic rings. The number of carbonyl (C=O) groups is 2. The van der Waals surface area contributed by atoms with Gasteiger partial charge in [-0.15, -0.1) is 0 Å². The SMILES string of the molecule is COC(=O)c1c(-c2ccc(Oc3cc(C(F)(F)F)c4c(C)nn(C)c4n3)cc2)nn(-c2ccccc2)c1C(=O)OC. The van der Waals surface area contributed by atoms with Crippen LogP contribution in [0.2, 0.25) is 0 Å². The van der Waals surface area contributed by atoms with Gasteiger partial charge in [-0.3, -0.25) is 4.68 Å². The molecule has 3 heterocycles. The minimum atomic E-state index is -4.66. The van der Waals surface area contributed by atoms with E-state index < -0.39 is 23.7 Å². The second kappa shape index (κ2) is 10.4. The number of pyridine rings is 1. The third-order valence-corrected chi connectivity index (χ3v) is 6.26. The maximum absolute atomic E-state index is 13.8. The van der Waals surface area contributed by atoms with Crippen molar-refractivity contribution in [2.75, 3.05) is 14.2 Å². The van der Waals surface area contributed by atoms with E-state index in [9.17, 15) is 22.8 Å². The number of para-hydroxylation sites is 1. The number of benzene rings is 2. The molecule has 0 aliphatic heterocycles. The Morgan fingerprint density at radius 1 is 0.902 bits per heavy atom. The number of nitrogens with zero attached hydrogens (tertiary/aromatic N) is 5. The molecule has 5 rings (SSSR count). The number of methoxy groups -OCH3 is 2. The molecule has 0 fully saturated rings. The molecule has 0 unspecified atom stereocenters. The Labute approximate surface area is 230 Å². The Bertz CT molecular complexity index is 1780. The number of aromatic nitrogens is 5. The van der Waals surface area contributed by atoms with E-state index in [1.54, 1.807) is 30.3 Å². The van der Waals surface area contributed by atoms with E-state index in [0.717, 1.165) is 6.07 Å². The number of fused-ring (bicyclic) bond motifs is 1. The fourth-order valence-electron chi connectivity index (χ4n) is 4.46. The fraction of sp³-hybridized carbons (Fsp3) is 0.179. The molecular weight excluding hydrogens is 543 g/mol. The average Bonchev–Trinajstić information content (AvgIpc) is 3.49. The zero-order valence-corrected chi connectivity index (χ0v) is 22.2. The Morgan fingerprint density at radius 3 is 2.17 bits per heavy atom. The van der Waals surface area contributed by atoms with Crippen LogP contribution in [-0.4, -0.2) is 50.7 Å². The molecule has 0 amide bonds.